The van der Waals surface area contributed by atoms with Gasteiger partial charge in [-0.1, -0.05) is 26.0 Å². The normalized spacial score (nSPS) is 10.6. The van der Waals surface area contributed by atoms with Crippen molar-refractivity contribution in [2.75, 3.05) is 5.32 Å². The number of Topliss-reactive ketones (excluding diaryl/α,β-unsaturated/α-hetero) is 1. The maximum atomic E-state index is 12.1. The molecule has 1 amide bonds. The van der Waals surface area contributed by atoms with Crippen LogP contribution in [0, 0.1) is 0 Å². The Morgan fingerprint density at radius 3 is 2.55 bits per heavy atom. The van der Waals surface area contributed by atoms with Crippen LogP contribution in [0.5, 0.6) is 0 Å². The maximum Gasteiger partial charge on any atom is 0.272 e. The Hall–Kier alpha value is -2.36. The second kappa shape index (κ2) is 5.74. The highest BCUT2D eigenvalue weighted by atomic mass is 16.2. The Labute approximate surface area is 118 Å². The molecule has 2 rings (SSSR count). The molecule has 0 saturated carbocycles. The average Bonchev–Trinajstić information content (AvgIpc) is 2.88. The fraction of sp³-hybridized carbons (Fsp3) is 0.250. The summed E-state index contributed by atoms with van der Waals surface area (Å²) in [5, 5.41) is 2.82. The zero-order valence-corrected chi connectivity index (χ0v) is 11.9. The number of aromatic amines is 1. The first-order valence-corrected chi connectivity index (χ1v) is 6.58. The van der Waals surface area contributed by atoms with Gasteiger partial charge < -0.3 is 10.3 Å². The Morgan fingerprint density at radius 2 is 1.95 bits per heavy atom. The van der Waals surface area contributed by atoms with Crippen LogP contribution in [0.1, 0.15) is 53.1 Å². The zero-order valence-electron chi connectivity index (χ0n) is 11.9. The second-order valence-electron chi connectivity index (χ2n) is 5.09. The Morgan fingerprint density at radius 1 is 1.20 bits per heavy atom. The van der Waals surface area contributed by atoms with Crippen LogP contribution in [0.2, 0.25) is 0 Å². The van der Waals surface area contributed by atoms with Crippen molar-refractivity contribution in [3.63, 3.8) is 0 Å². The smallest absolute Gasteiger partial charge is 0.272 e. The molecule has 0 bridgehead atoms. The molecule has 0 saturated heterocycles. The molecule has 0 atom stereocenters. The molecule has 20 heavy (non-hydrogen) atoms. The quantitative estimate of drug-likeness (QED) is 0.834. The van der Waals surface area contributed by atoms with Gasteiger partial charge in [-0.05, 0) is 36.6 Å². The van der Waals surface area contributed by atoms with Crippen molar-refractivity contribution >= 4 is 17.4 Å². The third-order valence-electron chi connectivity index (χ3n) is 3.15. The monoisotopic (exact) mass is 270 g/mol. The summed E-state index contributed by atoms with van der Waals surface area (Å²) in [5.74, 6) is 0.0853. The van der Waals surface area contributed by atoms with Crippen molar-refractivity contribution in [1.82, 2.24) is 4.98 Å². The van der Waals surface area contributed by atoms with Crippen LogP contribution in [0.25, 0.3) is 0 Å². The molecule has 0 aliphatic rings. The van der Waals surface area contributed by atoms with Gasteiger partial charge in [-0.25, -0.2) is 0 Å². The largest absolute Gasteiger partial charge is 0.356 e. The van der Waals surface area contributed by atoms with Crippen molar-refractivity contribution in [1.29, 1.82) is 0 Å². The minimum Gasteiger partial charge on any atom is -0.356 e. The van der Waals surface area contributed by atoms with Gasteiger partial charge in [0.15, 0.2) is 5.78 Å². The predicted octanol–water partition coefficient (Wildman–Crippen LogP) is 3.59. The molecule has 0 unspecified atom stereocenters. The highest BCUT2D eigenvalue weighted by Crippen LogP contribution is 2.19. The summed E-state index contributed by atoms with van der Waals surface area (Å²) >= 11 is 0. The van der Waals surface area contributed by atoms with Crippen molar-refractivity contribution < 1.29 is 9.59 Å². The van der Waals surface area contributed by atoms with Crippen molar-refractivity contribution in [3.8, 4) is 0 Å². The maximum absolute atomic E-state index is 12.1. The molecule has 0 fully saturated rings. The van der Waals surface area contributed by atoms with E-state index in [2.05, 4.69) is 24.1 Å². The van der Waals surface area contributed by atoms with Crippen LogP contribution in [-0.2, 0) is 0 Å². The van der Waals surface area contributed by atoms with Crippen LogP contribution < -0.4 is 5.32 Å². The zero-order chi connectivity index (χ0) is 14.7. The van der Waals surface area contributed by atoms with Crippen molar-refractivity contribution in [2.24, 2.45) is 0 Å². The first-order valence-electron chi connectivity index (χ1n) is 6.58. The SMILES string of the molecule is CC(=O)c1c[nH]c(C(=O)Nc2cccc(C(C)C)c2)c1. The van der Waals surface area contributed by atoms with Gasteiger partial charge >= 0.3 is 0 Å². The third-order valence-corrected chi connectivity index (χ3v) is 3.15. The van der Waals surface area contributed by atoms with E-state index in [0.29, 0.717) is 17.2 Å². The lowest BCUT2D eigenvalue weighted by atomic mass is 10.0. The number of carbonyl (C=O) groups is 2. The molecular weight excluding hydrogens is 252 g/mol. The first-order chi connectivity index (χ1) is 9.47. The van der Waals surface area contributed by atoms with Crippen LogP contribution in [0.4, 0.5) is 5.69 Å². The van der Waals surface area contributed by atoms with Crippen molar-refractivity contribution in [3.05, 3.63) is 53.3 Å². The van der Waals surface area contributed by atoms with Crippen molar-refractivity contribution in [2.45, 2.75) is 26.7 Å². The fourth-order valence-electron chi connectivity index (χ4n) is 1.90. The lowest BCUT2D eigenvalue weighted by molar-refractivity contribution is 0.101. The molecular formula is C16H18N2O2. The van der Waals surface area contributed by atoms with Gasteiger partial charge in [0, 0.05) is 17.4 Å². The Balaban J connectivity index is 2.14. The van der Waals surface area contributed by atoms with E-state index in [1.54, 1.807) is 12.3 Å². The summed E-state index contributed by atoms with van der Waals surface area (Å²) < 4.78 is 0. The van der Waals surface area contributed by atoms with Gasteiger partial charge in [0.2, 0.25) is 0 Å². The molecule has 1 aromatic heterocycles. The Kier molecular flexibility index (Phi) is 4.03. The van der Waals surface area contributed by atoms with E-state index in [9.17, 15) is 9.59 Å². The van der Waals surface area contributed by atoms with Crippen LogP contribution in [0.3, 0.4) is 0 Å². The summed E-state index contributed by atoms with van der Waals surface area (Å²) in [6.45, 7) is 5.67. The molecule has 1 aromatic carbocycles. The van der Waals surface area contributed by atoms with E-state index >= 15 is 0 Å². The van der Waals surface area contributed by atoms with E-state index in [0.717, 1.165) is 5.69 Å². The number of carbonyl (C=O) groups excluding carboxylic acids is 2. The molecule has 0 aliphatic heterocycles. The summed E-state index contributed by atoms with van der Waals surface area (Å²) in [6, 6.07) is 9.31. The van der Waals surface area contributed by atoms with Crippen LogP contribution >= 0.6 is 0 Å². The molecule has 4 heteroatoms. The number of aromatic nitrogens is 1. The number of hydrogen-bond acceptors (Lipinski definition) is 2. The molecule has 104 valence electrons. The van der Waals surface area contributed by atoms with Gasteiger partial charge in [0.1, 0.15) is 5.69 Å². The van der Waals surface area contributed by atoms with E-state index in [1.807, 2.05) is 24.3 Å². The molecule has 4 nitrogen and oxygen atoms in total. The third kappa shape index (κ3) is 3.15. The fourth-order valence-corrected chi connectivity index (χ4v) is 1.90. The number of nitrogens with one attached hydrogen (secondary N) is 2. The van der Waals surface area contributed by atoms with E-state index in [4.69, 9.17) is 0 Å². The number of ketones is 1. The summed E-state index contributed by atoms with van der Waals surface area (Å²) in [5.41, 5.74) is 2.80. The predicted molar refractivity (Wildman–Crippen MR) is 79.3 cm³/mol. The number of hydrogen-bond donors (Lipinski definition) is 2. The summed E-state index contributed by atoms with van der Waals surface area (Å²) in [7, 11) is 0. The lowest BCUT2D eigenvalue weighted by Gasteiger charge is -2.08. The highest BCUT2D eigenvalue weighted by molar-refractivity contribution is 6.05. The lowest BCUT2D eigenvalue weighted by Crippen LogP contribution is -2.12. The van der Waals surface area contributed by atoms with Gasteiger partial charge in [0.25, 0.3) is 5.91 Å². The van der Waals surface area contributed by atoms with E-state index < -0.39 is 0 Å². The minimum absolute atomic E-state index is 0.0675. The molecule has 1 heterocycles. The van der Waals surface area contributed by atoms with E-state index in [-0.39, 0.29) is 11.7 Å². The molecule has 0 spiro atoms. The molecule has 0 radical (unpaired) electrons. The summed E-state index contributed by atoms with van der Waals surface area (Å²) in [4.78, 5) is 26.1. The van der Waals surface area contributed by atoms with Gasteiger partial charge in [-0.3, -0.25) is 9.59 Å². The first kappa shape index (κ1) is 14.1. The standard InChI is InChI=1S/C16H18N2O2/c1-10(2)12-5-4-6-14(7-12)18-16(20)15-8-13(9-17-15)11(3)19/h4-10,17H,1-3H3,(H,18,20). The van der Waals surface area contributed by atoms with Gasteiger partial charge in [0.05, 0.1) is 0 Å². The Bertz CT molecular complexity index is 641. The second-order valence-corrected chi connectivity index (χ2v) is 5.09. The van der Waals surface area contributed by atoms with Crippen LogP contribution in [0.15, 0.2) is 36.5 Å². The van der Waals surface area contributed by atoms with Gasteiger partial charge in [-0.2, -0.15) is 0 Å². The molecule has 2 aromatic rings. The number of benzene rings is 1. The minimum atomic E-state index is -0.251. The van der Waals surface area contributed by atoms with Gasteiger partial charge in [-0.15, -0.1) is 0 Å². The van der Waals surface area contributed by atoms with E-state index in [1.165, 1.54) is 12.5 Å². The summed E-state index contributed by atoms with van der Waals surface area (Å²) in [6.07, 6.45) is 1.54. The number of anilines is 1. The van der Waals surface area contributed by atoms with Crippen LogP contribution in [-0.4, -0.2) is 16.7 Å². The number of rotatable bonds is 4. The molecule has 2 N–H and O–H groups in total. The number of amides is 1. The topological polar surface area (TPSA) is 62.0 Å². The molecule has 0 aliphatic carbocycles. The highest BCUT2D eigenvalue weighted by Gasteiger charge is 2.11. The number of H-pyrrole nitrogens is 1. The average molecular weight is 270 g/mol.